The standard InChI is InChI=1S/C12H25N3/c1-2-14-7-3-4-12(10-14)11-15-8-5-13-6-9-15/h12-13H,2-11H2,1H3. The Hall–Kier alpha value is -0.120. The van der Waals surface area contributed by atoms with E-state index in [-0.39, 0.29) is 0 Å². The zero-order valence-electron chi connectivity index (χ0n) is 10.0. The summed E-state index contributed by atoms with van der Waals surface area (Å²) in [6, 6.07) is 0. The van der Waals surface area contributed by atoms with Gasteiger partial charge in [-0.2, -0.15) is 0 Å². The summed E-state index contributed by atoms with van der Waals surface area (Å²) in [5.74, 6) is 0.928. The number of nitrogens with one attached hydrogen (secondary N) is 1. The molecule has 1 unspecified atom stereocenters. The highest BCUT2D eigenvalue weighted by Gasteiger charge is 2.21. The summed E-state index contributed by atoms with van der Waals surface area (Å²) in [6.07, 6.45) is 2.85. The number of likely N-dealkylation sites (tertiary alicyclic amines) is 1. The van der Waals surface area contributed by atoms with Crippen LogP contribution in [0.25, 0.3) is 0 Å². The first-order valence-corrected chi connectivity index (χ1v) is 6.54. The SMILES string of the molecule is CCN1CCCC(CN2CCNCC2)C1. The molecule has 2 heterocycles. The van der Waals surface area contributed by atoms with Crippen LogP contribution in [0.15, 0.2) is 0 Å². The van der Waals surface area contributed by atoms with Crippen LogP contribution in [0.2, 0.25) is 0 Å². The van der Waals surface area contributed by atoms with Crippen LogP contribution in [0.4, 0.5) is 0 Å². The number of rotatable bonds is 3. The molecule has 1 N–H and O–H groups in total. The van der Waals surface area contributed by atoms with Gasteiger partial charge in [0.1, 0.15) is 0 Å². The molecule has 0 bridgehead atoms. The van der Waals surface area contributed by atoms with E-state index < -0.39 is 0 Å². The van der Waals surface area contributed by atoms with Crippen LogP contribution < -0.4 is 5.32 Å². The first-order chi connectivity index (χ1) is 7.38. The molecule has 88 valence electrons. The van der Waals surface area contributed by atoms with Crippen LogP contribution in [0.3, 0.4) is 0 Å². The quantitative estimate of drug-likeness (QED) is 0.738. The molecule has 2 aliphatic heterocycles. The van der Waals surface area contributed by atoms with Gasteiger partial charge in [-0.05, 0) is 31.8 Å². The molecule has 2 rings (SSSR count). The fourth-order valence-electron chi connectivity index (χ4n) is 2.85. The maximum Gasteiger partial charge on any atom is 0.0107 e. The number of hydrogen-bond acceptors (Lipinski definition) is 3. The molecule has 0 amide bonds. The van der Waals surface area contributed by atoms with Crippen molar-refractivity contribution in [2.45, 2.75) is 19.8 Å². The van der Waals surface area contributed by atoms with E-state index in [4.69, 9.17) is 0 Å². The van der Waals surface area contributed by atoms with Crippen molar-refractivity contribution < 1.29 is 0 Å². The molecule has 0 spiro atoms. The molecular formula is C12H25N3. The van der Waals surface area contributed by atoms with Crippen molar-refractivity contribution in [1.82, 2.24) is 15.1 Å². The summed E-state index contributed by atoms with van der Waals surface area (Å²) in [6.45, 7) is 12.4. The molecule has 2 fully saturated rings. The molecule has 0 aromatic carbocycles. The van der Waals surface area contributed by atoms with Crippen molar-refractivity contribution in [2.24, 2.45) is 5.92 Å². The van der Waals surface area contributed by atoms with E-state index in [2.05, 4.69) is 22.0 Å². The predicted octanol–water partition coefficient (Wildman–Crippen LogP) is 0.624. The third-order valence-electron chi connectivity index (χ3n) is 3.78. The Kier molecular flexibility index (Phi) is 4.42. The first-order valence-electron chi connectivity index (χ1n) is 6.54. The highest BCUT2D eigenvalue weighted by molar-refractivity contribution is 4.77. The zero-order chi connectivity index (χ0) is 10.5. The smallest absolute Gasteiger partial charge is 0.0107 e. The molecule has 0 radical (unpaired) electrons. The Labute approximate surface area is 93.8 Å². The van der Waals surface area contributed by atoms with Gasteiger partial charge in [0.15, 0.2) is 0 Å². The van der Waals surface area contributed by atoms with E-state index >= 15 is 0 Å². The summed E-state index contributed by atoms with van der Waals surface area (Å²) in [7, 11) is 0. The van der Waals surface area contributed by atoms with Crippen molar-refractivity contribution in [2.75, 3.05) is 52.4 Å². The molecule has 3 heteroatoms. The summed E-state index contributed by atoms with van der Waals surface area (Å²) in [4.78, 5) is 5.25. The van der Waals surface area contributed by atoms with Crippen LogP contribution in [-0.4, -0.2) is 62.2 Å². The molecule has 0 aromatic rings. The van der Waals surface area contributed by atoms with Crippen molar-refractivity contribution in [3.8, 4) is 0 Å². The van der Waals surface area contributed by atoms with E-state index in [1.165, 1.54) is 65.2 Å². The van der Waals surface area contributed by atoms with Crippen molar-refractivity contribution in [3.05, 3.63) is 0 Å². The predicted molar refractivity (Wildman–Crippen MR) is 64.1 cm³/mol. The summed E-state index contributed by atoms with van der Waals surface area (Å²) < 4.78 is 0. The van der Waals surface area contributed by atoms with Gasteiger partial charge in [-0.1, -0.05) is 6.92 Å². The van der Waals surface area contributed by atoms with Crippen LogP contribution in [0.5, 0.6) is 0 Å². The van der Waals surface area contributed by atoms with Gasteiger partial charge in [0.2, 0.25) is 0 Å². The highest BCUT2D eigenvalue weighted by atomic mass is 15.2. The average molecular weight is 211 g/mol. The second-order valence-corrected chi connectivity index (χ2v) is 4.95. The second kappa shape index (κ2) is 5.83. The minimum atomic E-state index is 0.928. The van der Waals surface area contributed by atoms with Crippen LogP contribution >= 0.6 is 0 Å². The normalized spacial score (nSPS) is 30.6. The third-order valence-corrected chi connectivity index (χ3v) is 3.78. The average Bonchev–Trinajstić information content (AvgIpc) is 2.31. The van der Waals surface area contributed by atoms with E-state index in [0.29, 0.717) is 0 Å². The Bertz CT molecular complexity index is 178. The van der Waals surface area contributed by atoms with E-state index in [0.717, 1.165) is 5.92 Å². The van der Waals surface area contributed by atoms with Crippen LogP contribution in [-0.2, 0) is 0 Å². The van der Waals surface area contributed by atoms with E-state index in [9.17, 15) is 0 Å². The molecule has 15 heavy (non-hydrogen) atoms. The van der Waals surface area contributed by atoms with Gasteiger partial charge in [0.25, 0.3) is 0 Å². The molecule has 0 saturated carbocycles. The lowest BCUT2D eigenvalue weighted by Gasteiger charge is -2.36. The fourth-order valence-corrected chi connectivity index (χ4v) is 2.85. The minimum Gasteiger partial charge on any atom is -0.314 e. The molecular weight excluding hydrogens is 186 g/mol. The third kappa shape index (κ3) is 3.44. The lowest BCUT2D eigenvalue weighted by Crippen LogP contribution is -2.47. The topological polar surface area (TPSA) is 18.5 Å². The summed E-state index contributed by atoms with van der Waals surface area (Å²) in [5, 5.41) is 3.42. The van der Waals surface area contributed by atoms with Gasteiger partial charge < -0.3 is 15.1 Å². The Morgan fingerprint density at radius 2 is 1.93 bits per heavy atom. The fraction of sp³-hybridized carbons (Fsp3) is 1.00. The molecule has 2 saturated heterocycles. The largest absolute Gasteiger partial charge is 0.314 e. The molecule has 0 aliphatic carbocycles. The molecule has 2 aliphatic rings. The number of hydrogen-bond donors (Lipinski definition) is 1. The van der Waals surface area contributed by atoms with Crippen molar-refractivity contribution in [3.63, 3.8) is 0 Å². The molecule has 1 atom stereocenters. The van der Waals surface area contributed by atoms with Crippen molar-refractivity contribution >= 4 is 0 Å². The van der Waals surface area contributed by atoms with Gasteiger partial charge >= 0.3 is 0 Å². The lowest BCUT2D eigenvalue weighted by atomic mass is 9.97. The maximum absolute atomic E-state index is 3.42. The maximum atomic E-state index is 3.42. The number of piperidine rings is 1. The van der Waals surface area contributed by atoms with Gasteiger partial charge in [-0.15, -0.1) is 0 Å². The minimum absolute atomic E-state index is 0.928. The van der Waals surface area contributed by atoms with Gasteiger partial charge in [0.05, 0.1) is 0 Å². The van der Waals surface area contributed by atoms with Gasteiger partial charge in [0, 0.05) is 39.3 Å². The first kappa shape index (κ1) is 11.4. The second-order valence-electron chi connectivity index (χ2n) is 4.95. The number of piperazine rings is 1. The molecule has 0 aromatic heterocycles. The van der Waals surface area contributed by atoms with Gasteiger partial charge in [-0.25, -0.2) is 0 Å². The summed E-state index contributed by atoms with van der Waals surface area (Å²) >= 11 is 0. The lowest BCUT2D eigenvalue weighted by molar-refractivity contribution is 0.130. The van der Waals surface area contributed by atoms with E-state index in [1.807, 2.05) is 0 Å². The van der Waals surface area contributed by atoms with Crippen LogP contribution in [0.1, 0.15) is 19.8 Å². The van der Waals surface area contributed by atoms with Crippen molar-refractivity contribution in [1.29, 1.82) is 0 Å². The van der Waals surface area contributed by atoms with Crippen LogP contribution in [0, 0.1) is 5.92 Å². The Morgan fingerprint density at radius 3 is 2.67 bits per heavy atom. The Morgan fingerprint density at radius 1 is 1.13 bits per heavy atom. The summed E-state index contributed by atoms with van der Waals surface area (Å²) in [5.41, 5.74) is 0. The highest BCUT2D eigenvalue weighted by Crippen LogP contribution is 2.17. The zero-order valence-corrected chi connectivity index (χ0v) is 10.0. The van der Waals surface area contributed by atoms with Gasteiger partial charge in [-0.3, -0.25) is 0 Å². The Balaban J connectivity index is 1.72. The number of nitrogens with zero attached hydrogens (tertiary/aromatic N) is 2. The molecule has 3 nitrogen and oxygen atoms in total. The van der Waals surface area contributed by atoms with E-state index in [1.54, 1.807) is 0 Å². The monoisotopic (exact) mass is 211 g/mol.